The lowest BCUT2D eigenvalue weighted by Gasteiger charge is -1.99. The van der Waals surface area contributed by atoms with E-state index in [2.05, 4.69) is 15.2 Å². The molecule has 1 N–H and O–H groups in total. The first kappa shape index (κ1) is 10.6. The van der Waals surface area contributed by atoms with Gasteiger partial charge in [0.1, 0.15) is 5.82 Å². The van der Waals surface area contributed by atoms with E-state index in [4.69, 9.17) is 11.6 Å². The van der Waals surface area contributed by atoms with E-state index in [0.717, 1.165) is 0 Å². The highest BCUT2D eigenvalue weighted by atomic mass is 35.5. The van der Waals surface area contributed by atoms with Gasteiger partial charge in [0.25, 0.3) is 5.69 Å². The van der Waals surface area contributed by atoms with Crippen LogP contribution in [-0.2, 0) is 6.42 Å². The Morgan fingerprint density at radius 2 is 2.19 bits per heavy atom. The number of nitrogens with zero attached hydrogens (tertiary/aromatic N) is 3. The highest BCUT2D eigenvalue weighted by Gasteiger charge is 2.14. The van der Waals surface area contributed by atoms with Crippen LogP contribution in [0.4, 0.5) is 5.69 Å². The summed E-state index contributed by atoms with van der Waals surface area (Å²) in [6.07, 6.45) is 0.302. The number of hydrogen-bond donors (Lipinski definition) is 1. The summed E-state index contributed by atoms with van der Waals surface area (Å²) in [5, 5.41) is 17.1. The van der Waals surface area contributed by atoms with E-state index >= 15 is 0 Å². The minimum atomic E-state index is -0.423. The highest BCUT2D eigenvalue weighted by Crippen LogP contribution is 2.19. The van der Waals surface area contributed by atoms with Crippen LogP contribution in [0.15, 0.2) is 24.3 Å². The molecule has 0 spiro atoms. The number of nitro benzene ring substituents is 1. The summed E-state index contributed by atoms with van der Waals surface area (Å²) in [6, 6.07) is 6.48. The Bertz CT molecular complexity index is 526. The van der Waals surface area contributed by atoms with Crippen molar-refractivity contribution < 1.29 is 4.92 Å². The molecule has 0 saturated carbocycles. The van der Waals surface area contributed by atoms with Crippen molar-refractivity contribution >= 4 is 17.3 Å². The van der Waals surface area contributed by atoms with Gasteiger partial charge in [-0.25, -0.2) is 4.98 Å². The number of aromatic nitrogens is 3. The van der Waals surface area contributed by atoms with E-state index in [0.29, 0.717) is 17.8 Å². The maximum absolute atomic E-state index is 10.8. The lowest BCUT2D eigenvalue weighted by Crippen LogP contribution is -1.97. The Morgan fingerprint density at radius 1 is 1.44 bits per heavy atom. The van der Waals surface area contributed by atoms with Gasteiger partial charge in [0.15, 0.2) is 0 Å². The quantitative estimate of drug-likeness (QED) is 0.654. The van der Waals surface area contributed by atoms with Crippen LogP contribution in [0, 0.1) is 10.1 Å². The summed E-state index contributed by atoms with van der Waals surface area (Å²) in [5.41, 5.74) is 0.635. The molecule has 1 heterocycles. The Kier molecular flexibility index (Phi) is 2.82. The van der Waals surface area contributed by atoms with Gasteiger partial charge >= 0.3 is 0 Å². The van der Waals surface area contributed by atoms with E-state index in [1.807, 2.05) is 0 Å². The third-order valence-electron chi connectivity index (χ3n) is 2.05. The topological polar surface area (TPSA) is 84.7 Å². The monoisotopic (exact) mass is 238 g/mol. The molecule has 0 bridgehead atoms. The van der Waals surface area contributed by atoms with Crippen LogP contribution >= 0.6 is 11.6 Å². The van der Waals surface area contributed by atoms with Crippen LogP contribution in [0.5, 0.6) is 0 Å². The Balaban J connectivity index is 2.31. The minimum Gasteiger partial charge on any atom is -0.261 e. The Morgan fingerprint density at radius 3 is 2.81 bits per heavy atom. The summed E-state index contributed by atoms with van der Waals surface area (Å²) < 4.78 is 0. The first-order chi connectivity index (χ1) is 7.66. The van der Waals surface area contributed by atoms with Crippen LogP contribution in [0.2, 0.25) is 5.28 Å². The van der Waals surface area contributed by atoms with Crippen molar-refractivity contribution in [3.8, 4) is 0 Å². The molecular weight excluding hydrogens is 232 g/mol. The molecule has 1 aromatic heterocycles. The van der Waals surface area contributed by atoms with Crippen molar-refractivity contribution in [2.75, 3.05) is 0 Å². The molecule has 1 aromatic carbocycles. The minimum absolute atomic E-state index is 0.0648. The van der Waals surface area contributed by atoms with E-state index in [-0.39, 0.29) is 11.0 Å². The van der Waals surface area contributed by atoms with Crippen LogP contribution in [-0.4, -0.2) is 20.1 Å². The van der Waals surface area contributed by atoms with Gasteiger partial charge in [-0.1, -0.05) is 18.2 Å². The SMILES string of the molecule is O=[N+]([O-])c1ccccc1Cc1nc(Cl)n[nH]1. The highest BCUT2D eigenvalue weighted by molar-refractivity contribution is 6.28. The Hall–Kier alpha value is -1.95. The van der Waals surface area contributed by atoms with Crippen LogP contribution < -0.4 is 0 Å². The lowest BCUT2D eigenvalue weighted by atomic mass is 10.1. The number of para-hydroxylation sites is 1. The number of hydrogen-bond acceptors (Lipinski definition) is 4. The molecule has 2 rings (SSSR count). The standard InChI is InChI=1S/C9H7ClN4O2/c10-9-11-8(12-13-9)5-6-3-1-2-4-7(6)14(15)16/h1-4H,5H2,(H,11,12,13). The number of nitrogens with one attached hydrogen (secondary N) is 1. The maximum Gasteiger partial charge on any atom is 0.273 e. The number of nitro groups is 1. The smallest absolute Gasteiger partial charge is 0.261 e. The van der Waals surface area contributed by atoms with Gasteiger partial charge in [0, 0.05) is 18.1 Å². The predicted octanol–water partition coefficient (Wildman–Crippen LogP) is 1.96. The van der Waals surface area contributed by atoms with E-state index in [9.17, 15) is 10.1 Å². The maximum atomic E-state index is 10.8. The summed E-state index contributed by atoms with van der Waals surface area (Å²) >= 11 is 5.54. The Labute approximate surface area is 95.4 Å². The van der Waals surface area contributed by atoms with Gasteiger partial charge in [0.05, 0.1) is 4.92 Å². The third kappa shape index (κ3) is 2.17. The van der Waals surface area contributed by atoms with E-state index in [1.54, 1.807) is 18.2 Å². The molecule has 0 atom stereocenters. The summed E-state index contributed by atoms with van der Waals surface area (Å²) in [6.45, 7) is 0. The number of benzene rings is 1. The van der Waals surface area contributed by atoms with Crippen LogP contribution in [0.25, 0.3) is 0 Å². The molecule has 2 aromatic rings. The fourth-order valence-electron chi connectivity index (χ4n) is 1.37. The van der Waals surface area contributed by atoms with Gasteiger partial charge in [0.2, 0.25) is 5.28 Å². The summed E-state index contributed by atoms with van der Waals surface area (Å²) in [7, 11) is 0. The summed E-state index contributed by atoms with van der Waals surface area (Å²) in [4.78, 5) is 14.2. The molecule has 0 unspecified atom stereocenters. The largest absolute Gasteiger partial charge is 0.273 e. The second-order valence-electron chi connectivity index (χ2n) is 3.11. The van der Waals surface area contributed by atoms with Crippen molar-refractivity contribution in [1.29, 1.82) is 0 Å². The van der Waals surface area contributed by atoms with Crippen molar-refractivity contribution in [1.82, 2.24) is 15.2 Å². The van der Waals surface area contributed by atoms with Crippen molar-refractivity contribution in [2.24, 2.45) is 0 Å². The fourth-order valence-corrected chi connectivity index (χ4v) is 1.51. The molecule has 0 aliphatic rings. The second-order valence-corrected chi connectivity index (χ2v) is 3.45. The van der Waals surface area contributed by atoms with Crippen LogP contribution in [0.3, 0.4) is 0 Å². The summed E-state index contributed by atoms with van der Waals surface area (Å²) in [5.74, 6) is 0.499. The predicted molar refractivity (Wildman–Crippen MR) is 57.3 cm³/mol. The van der Waals surface area contributed by atoms with Crippen molar-refractivity contribution in [3.63, 3.8) is 0 Å². The molecule has 0 aliphatic carbocycles. The van der Waals surface area contributed by atoms with Gasteiger partial charge < -0.3 is 0 Å². The zero-order valence-electron chi connectivity index (χ0n) is 8.05. The first-order valence-corrected chi connectivity index (χ1v) is 4.83. The zero-order valence-corrected chi connectivity index (χ0v) is 8.81. The van der Waals surface area contributed by atoms with E-state index < -0.39 is 4.92 Å². The molecule has 6 nitrogen and oxygen atoms in total. The van der Waals surface area contributed by atoms with E-state index in [1.165, 1.54) is 6.07 Å². The molecule has 7 heteroatoms. The third-order valence-corrected chi connectivity index (χ3v) is 2.22. The van der Waals surface area contributed by atoms with Gasteiger partial charge in [-0.2, -0.15) is 0 Å². The first-order valence-electron chi connectivity index (χ1n) is 4.46. The number of rotatable bonds is 3. The van der Waals surface area contributed by atoms with Crippen molar-refractivity contribution in [3.05, 3.63) is 51.1 Å². The number of aromatic amines is 1. The molecular formula is C9H7ClN4O2. The number of H-pyrrole nitrogens is 1. The lowest BCUT2D eigenvalue weighted by molar-refractivity contribution is -0.385. The second kappa shape index (κ2) is 4.28. The average Bonchev–Trinajstić information content (AvgIpc) is 2.64. The van der Waals surface area contributed by atoms with Gasteiger partial charge in [-0.05, 0) is 11.6 Å². The normalized spacial score (nSPS) is 10.3. The average molecular weight is 239 g/mol. The fraction of sp³-hybridized carbons (Fsp3) is 0.111. The molecule has 0 amide bonds. The zero-order chi connectivity index (χ0) is 11.5. The van der Waals surface area contributed by atoms with Crippen LogP contribution in [0.1, 0.15) is 11.4 Å². The molecule has 0 radical (unpaired) electrons. The molecule has 0 aliphatic heterocycles. The molecule has 16 heavy (non-hydrogen) atoms. The molecule has 0 saturated heterocycles. The van der Waals surface area contributed by atoms with Gasteiger partial charge in [-0.3, -0.25) is 15.2 Å². The molecule has 82 valence electrons. The molecule has 0 fully saturated rings. The van der Waals surface area contributed by atoms with Gasteiger partial charge in [-0.15, -0.1) is 5.10 Å². The van der Waals surface area contributed by atoms with Crippen molar-refractivity contribution in [2.45, 2.75) is 6.42 Å². The number of halogens is 1.